The van der Waals surface area contributed by atoms with Crippen LogP contribution in [0.15, 0.2) is 98.6 Å². The largest absolute Gasteiger partial charge is 0.497 e. The number of aryl methyl sites for hydroxylation is 2. The molecular weight excluding hydrogens is 550 g/mol. The standard InChI is InChI=1S/C33H25N3O5S/c1-19-16-22(36(38)39)11-14-25(19)28-15-12-24(41-28)18-29-32(37)35-31(21-7-5-8-23(17-21)40-2)27-13-10-20-6-3-4-9-26(20)30(27)34-33(35)42-29/h3-9,11-12,14-18,31H,10,13H2,1-2H3/b29-18+/t31-/m0/s1. The third-order valence-electron chi connectivity index (χ3n) is 7.87. The lowest BCUT2D eigenvalue weighted by atomic mass is 9.83. The molecule has 208 valence electrons. The highest BCUT2D eigenvalue weighted by atomic mass is 32.1. The van der Waals surface area contributed by atoms with Gasteiger partial charge in [0, 0.05) is 29.3 Å². The number of rotatable bonds is 5. The van der Waals surface area contributed by atoms with E-state index in [2.05, 4.69) is 18.2 Å². The summed E-state index contributed by atoms with van der Waals surface area (Å²) in [6, 6.07) is 24.2. The molecule has 42 heavy (non-hydrogen) atoms. The highest BCUT2D eigenvalue weighted by Gasteiger charge is 2.32. The molecule has 1 aliphatic heterocycles. The van der Waals surface area contributed by atoms with Gasteiger partial charge >= 0.3 is 0 Å². The molecule has 5 aromatic rings. The first-order valence-electron chi connectivity index (χ1n) is 13.5. The lowest BCUT2D eigenvalue weighted by Crippen LogP contribution is -2.38. The third kappa shape index (κ3) is 4.29. The molecule has 1 atom stereocenters. The molecule has 0 bridgehead atoms. The van der Waals surface area contributed by atoms with Gasteiger partial charge in [0.15, 0.2) is 4.80 Å². The maximum Gasteiger partial charge on any atom is 0.271 e. The molecule has 0 saturated carbocycles. The Morgan fingerprint density at radius 3 is 2.71 bits per heavy atom. The summed E-state index contributed by atoms with van der Waals surface area (Å²) in [5.41, 5.74) is 6.77. The zero-order valence-electron chi connectivity index (χ0n) is 22.9. The molecule has 0 radical (unpaired) electrons. The number of thiazole rings is 1. The molecule has 7 rings (SSSR count). The molecule has 0 N–H and O–H groups in total. The molecule has 0 unspecified atom stereocenters. The highest BCUT2D eigenvalue weighted by molar-refractivity contribution is 7.07. The summed E-state index contributed by atoms with van der Waals surface area (Å²) in [6.07, 6.45) is 3.43. The summed E-state index contributed by atoms with van der Waals surface area (Å²) in [7, 11) is 1.64. The van der Waals surface area contributed by atoms with Crippen LogP contribution in [0.1, 0.15) is 40.5 Å². The molecule has 8 nitrogen and oxygen atoms in total. The second kappa shape index (κ2) is 10.1. The topological polar surface area (TPSA) is 99.9 Å². The van der Waals surface area contributed by atoms with E-state index >= 15 is 0 Å². The summed E-state index contributed by atoms with van der Waals surface area (Å²) >= 11 is 1.34. The molecule has 0 saturated heterocycles. The average Bonchev–Trinajstić information content (AvgIpc) is 3.59. The van der Waals surface area contributed by atoms with Crippen molar-refractivity contribution >= 4 is 28.8 Å². The fourth-order valence-corrected chi connectivity index (χ4v) is 6.86. The second-order valence-electron chi connectivity index (χ2n) is 10.3. The summed E-state index contributed by atoms with van der Waals surface area (Å²) in [6.45, 7) is 1.81. The van der Waals surface area contributed by atoms with Crippen LogP contribution in [0.5, 0.6) is 5.75 Å². The van der Waals surface area contributed by atoms with Gasteiger partial charge in [0.25, 0.3) is 11.2 Å². The van der Waals surface area contributed by atoms with E-state index in [-0.39, 0.29) is 17.3 Å². The third-order valence-corrected chi connectivity index (χ3v) is 8.85. The van der Waals surface area contributed by atoms with Crippen molar-refractivity contribution in [2.24, 2.45) is 4.99 Å². The predicted molar refractivity (Wildman–Crippen MR) is 161 cm³/mol. The number of hydrogen-bond acceptors (Lipinski definition) is 7. The summed E-state index contributed by atoms with van der Waals surface area (Å²) < 4.78 is 13.9. The normalized spacial score (nSPS) is 16.0. The summed E-state index contributed by atoms with van der Waals surface area (Å²) in [4.78, 5) is 30.4. The number of nitro groups is 1. The van der Waals surface area contributed by atoms with E-state index in [0.29, 0.717) is 20.9 Å². The van der Waals surface area contributed by atoms with Crippen molar-refractivity contribution in [1.82, 2.24) is 4.57 Å². The van der Waals surface area contributed by atoms with E-state index < -0.39 is 4.92 Å². The van der Waals surface area contributed by atoms with Gasteiger partial charge in [0.2, 0.25) is 0 Å². The number of ether oxygens (including phenoxy) is 1. The minimum Gasteiger partial charge on any atom is -0.497 e. The van der Waals surface area contributed by atoms with E-state index in [0.717, 1.165) is 52.1 Å². The van der Waals surface area contributed by atoms with E-state index in [4.69, 9.17) is 14.1 Å². The van der Waals surface area contributed by atoms with Crippen molar-refractivity contribution in [2.45, 2.75) is 25.8 Å². The molecule has 2 aromatic heterocycles. The SMILES string of the molecule is COc1cccc([C@H]2C3=C(N=c4s/c(=C/c5ccc(-c6ccc([N+](=O)[O-])cc6C)o5)c(=O)n42)c2ccccc2CC3)c1. The lowest BCUT2D eigenvalue weighted by molar-refractivity contribution is -0.384. The Balaban J connectivity index is 1.37. The number of furan rings is 1. The van der Waals surface area contributed by atoms with Crippen molar-refractivity contribution in [1.29, 1.82) is 0 Å². The zero-order valence-corrected chi connectivity index (χ0v) is 23.7. The molecule has 3 aromatic carbocycles. The van der Waals surface area contributed by atoms with Crippen LogP contribution in [0.3, 0.4) is 0 Å². The molecule has 0 amide bonds. The number of fused-ring (bicyclic) bond motifs is 3. The van der Waals surface area contributed by atoms with E-state index in [1.54, 1.807) is 36.8 Å². The van der Waals surface area contributed by atoms with Crippen molar-refractivity contribution in [3.8, 4) is 17.1 Å². The Kier molecular flexibility index (Phi) is 6.24. The number of non-ortho nitro benzene ring substituents is 1. The van der Waals surface area contributed by atoms with Crippen molar-refractivity contribution in [2.75, 3.05) is 7.11 Å². The number of nitro benzene ring substituents is 1. The minimum atomic E-state index is -0.417. The van der Waals surface area contributed by atoms with Gasteiger partial charge < -0.3 is 9.15 Å². The number of benzene rings is 3. The van der Waals surface area contributed by atoms with Gasteiger partial charge in [0.1, 0.15) is 17.3 Å². The van der Waals surface area contributed by atoms with Crippen LogP contribution < -0.4 is 19.6 Å². The van der Waals surface area contributed by atoms with Crippen LogP contribution in [0, 0.1) is 17.0 Å². The summed E-state index contributed by atoms with van der Waals surface area (Å²) in [5, 5.41) is 11.1. The Morgan fingerprint density at radius 2 is 1.90 bits per heavy atom. The quantitative estimate of drug-likeness (QED) is 0.195. The molecule has 1 aliphatic carbocycles. The van der Waals surface area contributed by atoms with Gasteiger partial charge in [-0.15, -0.1) is 0 Å². The molecular formula is C33H25N3O5S. The number of aromatic nitrogens is 1. The van der Waals surface area contributed by atoms with E-state index in [1.165, 1.54) is 29.0 Å². The summed E-state index contributed by atoms with van der Waals surface area (Å²) in [5.74, 6) is 1.82. The van der Waals surface area contributed by atoms with Gasteiger partial charge in [-0.3, -0.25) is 19.5 Å². The average molecular weight is 576 g/mol. The smallest absolute Gasteiger partial charge is 0.271 e. The molecule has 3 heterocycles. The van der Waals surface area contributed by atoms with Crippen LogP contribution in [0.25, 0.3) is 23.1 Å². The monoisotopic (exact) mass is 575 g/mol. The van der Waals surface area contributed by atoms with Gasteiger partial charge in [-0.05, 0) is 72.4 Å². The molecule has 0 spiro atoms. The Hall–Kier alpha value is -5.02. The Morgan fingerprint density at radius 1 is 1.05 bits per heavy atom. The number of methoxy groups -OCH3 is 1. The molecule has 9 heteroatoms. The number of hydrogen-bond donors (Lipinski definition) is 0. The van der Waals surface area contributed by atoms with Gasteiger partial charge in [-0.1, -0.05) is 47.7 Å². The van der Waals surface area contributed by atoms with Gasteiger partial charge in [-0.25, -0.2) is 4.99 Å². The maximum absolute atomic E-state index is 14.0. The maximum atomic E-state index is 14.0. The Labute approximate surface area is 244 Å². The first-order valence-corrected chi connectivity index (χ1v) is 14.4. The van der Waals surface area contributed by atoms with Crippen molar-refractivity contribution in [3.05, 3.63) is 142 Å². The zero-order chi connectivity index (χ0) is 29.0. The predicted octanol–water partition coefficient (Wildman–Crippen LogP) is 5.80. The van der Waals surface area contributed by atoms with Crippen LogP contribution in [-0.4, -0.2) is 16.6 Å². The lowest BCUT2D eigenvalue weighted by Gasteiger charge is -2.31. The highest BCUT2D eigenvalue weighted by Crippen LogP contribution is 2.41. The first-order chi connectivity index (χ1) is 20.4. The Bertz CT molecular complexity index is 2120. The molecule has 0 fully saturated rings. The van der Waals surface area contributed by atoms with Crippen LogP contribution in [-0.2, 0) is 6.42 Å². The van der Waals surface area contributed by atoms with Crippen LogP contribution in [0.2, 0.25) is 0 Å². The minimum absolute atomic E-state index is 0.0278. The van der Waals surface area contributed by atoms with E-state index in [9.17, 15) is 14.9 Å². The number of nitrogens with zero attached hydrogens (tertiary/aromatic N) is 3. The van der Waals surface area contributed by atoms with Crippen LogP contribution in [0.4, 0.5) is 5.69 Å². The second-order valence-corrected chi connectivity index (χ2v) is 11.4. The van der Waals surface area contributed by atoms with Crippen molar-refractivity contribution < 1.29 is 14.1 Å². The first kappa shape index (κ1) is 25.9. The van der Waals surface area contributed by atoms with Gasteiger partial charge in [-0.2, -0.15) is 0 Å². The number of allylic oxidation sites excluding steroid dienone is 1. The van der Waals surface area contributed by atoms with Crippen molar-refractivity contribution in [3.63, 3.8) is 0 Å². The van der Waals surface area contributed by atoms with Gasteiger partial charge in [0.05, 0.1) is 28.3 Å². The fourth-order valence-electron chi connectivity index (χ4n) is 5.88. The van der Waals surface area contributed by atoms with E-state index in [1.807, 2.05) is 36.4 Å². The fraction of sp³-hybridized carbons (Fsp3) is 0.152. The molecule has 2 aliphatic rings. The van der Waals surface area contributed by atoms with Crippen LogP contribution >= 0.6 is 11.3 Å².